The van der Waals surface area contributed by atoms with Crippen LogP contribution in [0.3, 0.4) is 0 Å². The van der Waals surface area contributed by atoms with Gasteiger partial charge in [0.05, 0.1) is 25.1 Å². The van der Waals surface area contributed by atoms with Crippen molar-refractivity contribution in [1.82, 2.24) is 4.90 Å². The lowest BCUT2D eigenvalue weighted by Crippen LogP contribution is -2.64. The Morgan fingerprint density at radius 1 is 1.46 bits per heavy atom. The van der Waals surface area contributed by atoms with Gasteiger partial charge in [-0.15, -0.1) is 0 Å². The maximum atomic E-state index is 8.61. The van der Waals surface area contributed by atoms with E-state index in [0.717, 1.165) is 19.6 Å². The van der Waals surface area contributed by atoms with E-state index in [-0.39, 0.29) is 5.92 Å². The van der Waals surface area contributed by atoms with E-state index in [1.54, 1.807) is 14.2 Å². The first kappa shape index (κ1) is 10.5. The summed E-state index contributed by atoms with van der Waals surface area (Å²) < 4.78 is 10.4. The Morgan fingerprint density at radius 3 is 2.38 bits per heavy atom. The average Bonchev–Trinajstić information content (AvgIpc) is 2.10. The second-order valence-corrected chi connectivity index (χ2v) is 3.52. The molecule has 1 aliphatic rings. The number of hydrogen-bond donors (Lipinski definition) is 0. The summed E-state index contributed by atoms with van der Waals surface area (Å²) in [6, 6.07) is 2.20. The maximum Gasteiger partial charge on any atom is 0.193 e. The molecule has 0 amide bonds. The third kappa shape index (κ3) is 2.19. The molecule has 1 heterocycles. The normalized spacial score (nSPS) is 23.2. The molecule has 1 aliphatic heterocycles. The van der Waals surface area contributed by atoms with Gasteiger partial charge in [0.1, 0.15) is 0 Å². The largest absolute Gasteiger partial charge is 0.351 e. The Kier molecular flexibility index (Phi) is 3.26. The number of likely N-dealkylation sites (tertiary alicyclic amines) is 1. The van der Waals surface area contributed by atoms with Crippen molar-refractivity contribution in [2.45, 2.75) is 12.7 Å². The summed E-state index contributed by atoms with van der Waals surface area (Å²) in [5.41, 5.74) is 0. The van der Waals surface area contributed by atoms with Gasteiger partial charge in [0, 0.05) is 20.8 Å². The minimum absolute atomic E-state index is 0.0757. The molecule has 1 rings (SSSR count). The van der Waals surface area contributed by atoms with Gasteiger partial charge in [-0.3, -0.25) is 4.90 Å². The van der Waals surface area contributed by atoms with Crippen LogP contribution in [0.25, 0.3) is 0 Å². The van der Waals surface area contributed by atoms with Crippen LogP contribution >= 0.6 is 0 Å². The van der Waals surface area contributed by atoms with E-state index in [9.17, 15) is 0 Å². The van der Waals surface area contributed by atoms with E-state index >= 15 is 0 Å². The lowest BCUT2D eigenvalue weighted by atomic mass is 10.0. The molecule has 0 aromatic carbocycles. The van der Waals surface area contributed by atoms with Gasteiger partial charge in [0.15, 0.2) is 5.79 Å². The Morgan fingerprint density at radius 2 is 2.00 bits per heavy atom. The molecule has 74 valence electrons. The number of hydrogen-bond acceptors (Lipinski definition) is 4. The number of methoxy groups -OCH3 is 2. The highest BCUT2D eigenvalue weighted by Gasteiger charge is 2.43. The van der Waals surface area contributed by atoms with E-state index in [0.29, 0.717) is 0 Å². The van der Waals surface area contributed by atoms with Crippen LogP contribution in [0.5, 0.6) is 0 Å². The van der Waals surface area contributed by atoms with Crippen molar-refractivity contribution >= 4 is 0 Å². The molecule has 1 saturated heterocycles. The van der Waals surface area contributed by atoms with Crippen LogP contribution in [0.1, 0.15) is 6.92 Å². The van der Waals surface area contributed by atoms with Crippen LogP contribution < -0.4 is 0 Å². The van der Waals surface area contributed by atoms with E-state index in [1.165, 1.54) is 0 Å². The molecule has 0 saturated carbocycles. The van der Waals surface area contributed by atoms with Gasteiger partial charge in [-0.1, -0.05) is 0 Å². The number of rotatable bonds is 4. The second-order valence-electron chi connectivity index (χ2n) is 3.52. The van der Waals surface area contributed by atoms with Gasteiger partial charge in [-0.25, -0.2) is 0 Å². The smallest absolute Gasteiger partial charge is 0.193 e. The van der Waals surface area contributed by atoms with Crippen molar-refractivity contribution in [1.29, 1.82) is 5.26 Å². The SMILES string of the molecule is COC1(OC)CN(CC(C)C#N)C1. The van der Waals surface area contributed by atoms with Gasteiger partial charge in [-0.05, 0) is 6.92 Å². The van der Waals surface area contributed by atoms with Crippen molar-refractivity contribution in [3.63, 3.8) is 0 Å². The van der Waals surface area contributed by atoms with E-state index in [1.807, 2.05) is 6.92 Å². The van der Waals surface area contributed by atoms with Crippen LogP contribution in [0.15, 0.2) is 0 Å². The lowest BCUT2D eigenvalue weighted by molar-refractivity contribution is -0.275. The van der Waals surface area contributed by atoms with E-state index < -0.39 is 5.79 Å². The van der Waals surface area contributed by atoms with Crippen LogP contribution in [0.2, 0.25) is 0 Å². The van der Waals surface area contributed by atoms with E-state index in [4.69, 9.17) is 14.7 Å². The predicted octanol–water partition coefficient (Wildman–Crippen LogP) is 0.451. The monoisotopic (exact) mass is 184 g/mol. The fraction of sp³-hybridized carbons (Fsp3) is 0.889. The van der Waals surface area contributed by atoms with E-state index in [2.05, 4.69) is 11.0 Å². The molecule has 0 spiro atoms. The fourth-order valence-corrected chi connectivity index (χ4v) is 1.53. The lowest BCUT2D eigenvalue weighted by Gasteiger charge is -2.47. The summed E-state index contributed by atoms with van der Waals surface area (Å²) in [4.78, 5) is 2.15. The quantitative estimate of drug-likeness (QED) is 0.595. The standard InChI is InChI=1S/C9H16N2O2/c1-8(4-10)5-11-6-9(7-11,12-2)13-3/h8H,5-7H2,1-3H3. The topological polar surface area (TPSA) is 45.5 Å². The van der Waals surface area contributed by atoms with Crippen molar-refractivity contribution in [3.05, 3.63) is 0 Å². The first-order chi connectivity index (χ1) is 6.15. The fourth-order valence-electron chi connectivity index (χ4n) is 1.53. The molecule has 13 heavy (non-hydrogen) atoms. The zero-order valence-corrected chi connectivity index (χ0v) is 8.41. The molecule has 0 bridgehead atoms. The Hall–Kier alpha value is -0.630. The molecule has 1 unspecified atom stereocenters. The average molecular weight is 184 g/mol. The molecule has 4 heteroatoms. The third-order valence-electron chi connectivity index (χ3n) is 2.43. The molecular weight excluding hydrogens is 168 g/mol. The first-order valence-corrected chi connectivity index (χ1v) is 4.38. The summed E-state index contributed by atoms with van der Waals surface area (Å²) in [5.74, 6) is -0.346. The summed E-state index contributed by atoms with van der Waals surface area (Å²) >= 11 is 0. The van der Waals surface area contributed by atoms with Crippen LogP contribution in [-0.2, 0) is 9.47 Å². The molecule has 0 aliphatic carbocycles. The minimum atomic E-state index is -0.421. The first-order valence-electron chi connectivity index (χ1n) is 4.38. The van der Waals surface area contributed by atoms with Gasteiger partial charge in [0.25, 0.3) is 0 Å². The van der Waals surface area contributed by atoms with Gasteiger partial charge >= 0.3 is 0 Å². The Labute approximate surface area is 79.0 Å². The molecule has 0 radical (unpaired) electrons. The minimum Gasteiger partial charge on any atom is -0.351 e. The highest BCUT2D eigenvalue weighted by molar-refractivity contribution is 4.92. The summed E-state index contributed by atoms with van der Waals surface area (Å²) in [7, 11) is 3.29. The molecule has 0 aromatic rings. The molecule has 4 nitrogen and oxygen atoms in total. The Bertz CT molecular complexity index is 200. The molecule has 0 N–H and O–H groups in total. The number of nitriles is 1. The molecule has 1 atom stereocenters. The molecule has 0 aromatic heterocycles. The van der Waals surface area contributed by atoms with Crippen molar-refractivity contribution in [3.8, 4) is 6.07 Å². The zero-order chi connectivity index (χ0) is 9.90. The zero-order valence-electron chi connectivity index (χ0n) is 8.41. The summed E-state index contributed by atoms with van der Waals surface area (Å²) in [6.07, 6.45) is 0. The van der Waals surface area contributed by atoms with Crippen molar-refractivity contribution in [2.24, 2.45) is 5.92 Å². The van der Waals surface area contributed by atoms with Gasteiger partial charge in [0.2, 0.25) is 0 Å². The second kappa shape index (κ2) is 4.05. The number of nitrogens with zero attached hydrogens (tertiary/aromatic N) is 2. The van der Waals surface area contributed by atoms with Crippen LogP contribution in [0.4, 0.5) is 0 Å². The summed E-state index contributed by atoms with van der Waals surface area (Å²) in [6.45, 7) is 4.22. The molecular formula is C9H16N2O2. The maximum absolute atomic E-state index is 8.61. The van der Waals surface area contributed by atoms with Crippen LogP contribution in [0, 0.1) is 17.2 Å². The van der Waals surface area contributed by atoms with Crippen LogP contribution in [-0.4, -0.2) is 44.5 Å². The Balaban J connectivity index is 2.29. The van der Waals surface area contributed by atoms with Gasteiger partial charge < -0.3 is 9.47 Å². The predicted molar refractivity (Wildman–Crippen MR) is 48.0 cm³/mol. The highest BCUT2D eigenvalue weighted by Crippen LogP contribution is 2.25. The summed E-state index contributed by atoms with van der Waals surface area (Å²) in [5, 5.41) is 8.61. The van der Waals surface area contributed by atoms with Crippen molar-refractivity contribution < 1.29 is 9.47 Å². The molecule has 1 fully saturated rings. The third-order valence-corrected chi connectivity index (χ3v) is 2.43. The highest BCUT2D eigenvalue weighted by atomic mass is 16.7. The van der Waals surface area contributed by atoms with Gasteiger partial charge in [-0.2, -0.15) is 5.26 Å². The van der Waals surface area contributed by atoms with Crippen molar-refractivity contribution in [2.75, 3.05) is 33.9 Å². The number of ether oxygens (including phenoxy) is 2.